The normalized spacial score (nSPS) is 20.6. The average Bonchev–Trinajstić information content (AvgIpc) is 2.65. The van der Waals surface area contributed by atoms with E-state index in [4.69, 9.17) is 0 Å². The van der Waals surface area contributed by atoms with E-state index in [9.17, 15) is 10.1 Å². The number of aromatic nitrogens is 1. The Balaban J connectivity index is 2.19. The minimum Gasteiger partial charge on any atom is -0.354 e. The molecule has 0 amide bonds. The van der Waals surface area contributed by atoms with Crippen LogP contribution in [0.25, 0.3) is 0 Å². The summed E-state index contributed by atoms with van der Waals surface area (Å²) in [5.41, 5.74) is 0.0469. The standard InChI is InChI=1S/C10H13N3O2/c1-8-3-2-6-12(8)10-5-4-9(7-11-10)13(14)15/h4-5,7-8H,2-3,6H2,1H3. The summed E-state index contributed by atoms with van der Waals surface area (Å²) in [4.78, 5) is 16.3. The van der Waals surface area contributed by atoms with Crippen LogP contribution in [0.2, 0.25) is 0 Å². The second kappa shape index (κ2) is 3.84. The molecule has 2 rings (SSSR count). The molecule has 5 heteroatoms. The summed E-state index contributed by atoms with van der Waals surface area (Å²) in [6.07, 6.45) is 3.65. The third-order valence-corrected chi connectivity index (χ3v) is 2.79. The molecule has 0 aromatic carbocycles. The van der Waals surface area contributed by atoms with E-state index in [2.05, 4.69) is 16.8 Å². The SMILES string of the molecule is CC1CCCN1c1ccc([N+](=O)[O-])cn1. The zero-order chi connectivity index (χ0) is 10.8. The number of hydrogen-bond acceptors (Lipinski definition) is 4. The van der Waals surface area contributed by atoms with Gasteiger partial charge in [-0.15, -0.1) is 0 Å². The van der Waals surface area contributed by atoms with Crippen molar-refractivity contribution in [2.45, 2.75) is 25.8 Å². The van der Waals surface area contributed by atoms with Crippen molar-refractivity contribution in [2.24, 2.45) is 0 Å². The van der Waals surface area contributed by atoms with Gasteiger partial charge in [-0.1, -0.05) is 0 Å². The zero-order valence-electron chi connectivity index (χ0n) is 8.59. The molecule has 2 heterocycles. The van der Waals surface area contributed by atoms with Gasteiger partial charge in [0.25, 0.3) is 5.69 Å². The quantitative estimate of drug-likeness (QED) is 0.549. The molecule has 0 saturated carbocycles. The summed E-state index contributed by atoms with van der Waals surface area (Å²) in [5, 5.41) is 10.4. The largest absolute Gasteiger partial charge is 0.354 e. The Morgan fingerprint density at radius 2 is 2.40 bits per heavy atom. The van der Waals surface area contributed by atoms with Gasteiger partial charge in [-0.05, 0) is 25.8 Å². The second-order valence-corrected chi connectivity index (χ2v) is 3.82. The first-order valence-electron chi connectivity index (χ1n) is 5.05. The number of nitrogens with zero attached hydrogens (tertiary/aromatic N) is 3. The first kappa shape index (κ1) is 9.89. The molecule has 0 bridgehead atoms. The van der Waals surface area contributed by atoms with E-state index in [-0.39, 0.29) is 5.69 Å². The third-order valence-electron chi connectivity index (χ3n) is 2.79. The van der Waals surface area contributed by atoms with E-state index >= 15 is 0 Å². The van der Waals surface area contributed by atoms with Crippen LogP contribution in [0.3, 0.4) is 0 Å². The van der Waals surface area contributed by atoms with E-state index in [1.807, 2.05) is 0 Å². The molecule has 1 atom stereocenters. The van der Waals surface area contributed by atoms with E-state index in [1.54, 1.807) is 6.07 Å². The Morgan fingerprint density at radius 3 is 2.87 bits per heavy atom. The number of pyridine rings is 1. The summed E-state index contributed by atoms with van der Waals surface area (Å²) in [5.74, 6) is 0.839. The summed E-state index contributed by atoms with van der Waals surface area (Å²) in [6.45, 7) is 3.14. The Hall–Kier alpha value is -1.65. The van der Waals surface area contributed by atoms with Crippen molar-refractivity contribution in [3.05, 3.63) is 28.4 Å². The Morgan fingerprint density at radius 1 is 1.60 bits per heavy atom. The fourth-order valence-corrected chi connectivity index (χ4v) is 1.93. The molecule has 0 N–H and O–H groups in total. The predicted octanol–water partition coefficient (Wildman–Crippen LogP) is 1.98. The minimum absolute atomic E-state index is 0.0469. The van der Waals surface area contributed by atoms with Crippen LogP contribution in [0, 0.1) is 10.1 Å². The van der Waals surface area contributed by atoms with E-state index in [1.165, 1.54) is 25.1 Å². The van der Waals surface area contributed by atoms with Crippen molar-refractivity contribution in [3.63, 3.8) is 0 Å². The monoisotopic (exact) mass is 207 g/mol. The first-order valence-corrected chi connectivity index (χ1v) is 5.05. The molecule has 1 unspecified atom stereocenters. The van der Waals surface area contributed by atoms with E-state index in [0.29, 0.717) is 6.04 Å². The molecule has 1 aliphatic heterocycles. The second-order valence-electron chi connectivity index (χ2n) is 3.82. The van der Waals surface area contributed by atoms with Gasteiger partial charge in [0, 0.05) is 18.7 Å². The van der Waals surface area contributed by atoms with Crippen molar-refractivity contribution < 1.29 is 4.92 Å². The predicted molar refractivity (Wildman–Crippen MR) is 56.9 cm³/mol. The molecule has 0 spiro atoms. The van der Waals surface area contributed by atoms with Gasteiger partial charge in [0.2, 0.25) is 0 Å². The molecule has 1 saturated heterocycles. The van der Waals surface area contributed by atoms with Gasteiger partial charge in [0.1, 0.15) is 12.0 Å². The summed E-state index contributed by atoms with van der Waals surface area (Å²) >= 11 is 0. The smallest absolute Gasteiger partial charge is 0.287 e. The van der Waals surface area contributed by atoms with E-state index < -0.39 is 4.92 Å². The highest BCUT2D eigenvalue weighted by Gasteiger charge is 2.21. The van der Waals surface area contributed by atoms with Gasteiger partial charge in [-0.2, -0.15) is 0 Å². The number of hydrogen-bond donors (Lipinski definition) is 0. The molecule has 5 nitrogen and oxygen atoms in total. The lowest BCUT2D eigenvalue weighted by Gasteiger charge is -2.21. The van der Waals surface area contributed by atoms with Crippen LogP contribution in [-0.4, -0.2) is 22.5 Å². The fourth-order valence-electron chi connectivity index (χ4n) is 1.93. The number of anilines is 1. The van der Waals surface area contributed by atoms with Crippen LogP contribution in [-0.2, 0) is 0 Å². The van der Waals surface area contributed by atoms with Crippen LogP contribution >= 0.6 is 0 Å². The van der Waals surface area contributed by atoms with Gasteiger partial charge in [-0.25, -0.2) is 4.98 Å². The molecule has 15 heavy (non-hydrogen) atoms. The van der Waals surface area contributed by atoms with Crippen LogP contribution in [0.1, 0.15) is 19.8 Å². The Labute approximate surface area is 87.9 Å². The molecule has 1 fully saturated rings. The van der Waals surface area contributed by atoms with Gasteiger partial charge in [0.15, 0.2) is 0 Å². The Kier molecular flexibility index (Phi) is 2.53. The average molecular weight is 207 g/mol. The van der Waals surface area contributed by atoms with Gasteiger partial charge in [-0.3, -0.25) is 10.1 Å². The highest BCUT2D eigenvalue weighted by molar-refractivity contribution is 5.44. The number of nitro groups is 1. The van der Waals surface area contributed by atoms with Gasteiger partial charge in [0.05, 0.1) is 4.92 Å². The minimum atomic E-state index is -0.426. The Bertz CT molecular complexity index is 363. The van der Waals surface area contributed by atoms with Crippen molar-refractivity contribution in [2.75, 3.05) is 11.4 Å². The third kappa shape index (κ3) is 1.91. The zero-order valence-corrected chi connectivity index (χ0v) is 8.59. The van der Waals surface area contributed by atoms with Crippen molar-refractivity contribution in [1.29, 1.82) is 0 Å². The lowest BCUT2D eigenvalue weighted by Crippen LogP contribution is -2.26. The van der Waals surface area contributed by atoms with Crippen LogP contribution in [0.5, 0.6) is 0 Å². The van der Waals surface area contributed by atoms with Crippen LogP contribution < -0.4 is 4.90 Å². The molecule has 1 aliphatic rings. The van der Waals surface area contributed by atoms with Gasteiger partial charge < -0.3 is 4.90 Å². The van der Waals surface area contributed by atoms with Crippen molar-refractivity contribution >= 4 is 11.5 Å². The highest BCUT2D eigenvalue weighted by Crippen LogP contribution is 2.24. The lowest BCUT2D eigenvalue weighted by atomic mass is 10.2. The molecular formula is C10H13N3O2. The topological polar surface area (TPSA) is 59.3 Å². The highest BCUT2D eigenvalue weighted by atomic mass is 16.6. The molecule has 1 aromatic rings. The van der Waals surface area contributed by atoms with E-state index in [0.717, 1.165) is 12.4 Å². The molecule has 1 aromatic heterocycles. The molecule has 0 radical (unpaired) electrons. The maximum absolute atomic E-state index is 10.4. The molecule has 0 aliphatic carbocycles. The van der Waals surface area contributed by atoms with Crippen molar-refractivity contribution in [1.82, 2.24) is 4.98 Å². The first-order chi connectivity index (χ1) is 7.18. The lowest BCUT2D eigenvalue weighted by molar-refractivity contribution is -0.385. The number of rotatable bonds is 2. The summed E-state index contributed by atoms with van der Waals surface area (Å²) in [7, 11) is 0. The maximum atomic E-state index is 10.4. The van der Waals surface area contributed by atoms with Crippen LogP contribution in [0.4, 0.5) is 11.5 Å². The summed E-state index contributed by atoms with van der Waals surface area (Å²) < 4.78 is 0. The maximum Gasteiger partial charge on any atom is 0.287 e. The summed E-state index contributed by atoms with van der Waals surface area (Å²) in [6, 6.07) is 3.71. The molecule has 80 valence electrons. The van der Waals surface area contributed by atoms with Gasteiger partial charge >= 0.3 is 0 Å². The molecular weight excluding hydrogens is 194 g/mol. The van der Waals surface area contributed by atoms with Crippen molar-refractivity contribution in [3.8, 4) is 0 Å². The fraction of sp³-hybridized carbons (Fsp3) is 0.500. The van der Waals surface area contributed by atoms with Crippen LogP contribution in [0.15, 0.2) is 18.3 Å².